The standard InChI is InChI=1S/C15H24F2N4S/c1-11-5-2-3-7-20(11)9-12-6-4-8-21(10-12)15-19-18-14(22-15)13(16)17/h11-13H,2-10H2,1H3/t11-,12+/m1/s1. The number of hydrogen-bond donors (Lipinski definition) is 0. The lowest BCUT2D eigenvalue weighted by Crippen LogP contribution is -2.45. The van der Waals surface area contributed by atoms with Crippen LogP contribution >= 0.6 is 11.3 Å². The molecule has 2 saturated heterocycles. The highest BCUT2D eigenvalue weighted by Crippen LogP contribution is 2.31. The lowest BCUT2D eigenvalue weighted by molar-refractivity contribution is 0.130. The third kappa shape index (κ3) is 3.74. The molecule has 2 atom stereocenters. The van der Waals surface area contributed by atoms with E-state index in [1.54, 1.807) is 0 Å². The number of piperidine rings is 2. The molecule has 124 valence electrons. The van der Waals surface area contributed by atoms with E-state index in [9.17, 15) is 8.78 Å². The van der Waals surface area contributed by atoms with Gasteiger partial charge in [-0.15, -0.1) is 10.2 Å². The van der Waals surface area contributed by atoms with Gasteiger partial charge in [-0.25, -0.2) is 8.78 Å². The Morgan fingerprint density at radius 2 is 2.05 bits per heavy atom. The van der Waals surface area contributed by atoms with Crippen molar-refractivity contribution in [1.29, 1.82) is 0 Å². The summed E-state index contributed by atoms with van der Waals surface area (Å²) in [5.74, 6) is 0.605. The largest absolute Gasteiger partial charge is 0.346 e. The molecule has 2 fully saturated rings. The Hall–Kier alpha value is -0.820. The van der Waals surface area contributed by atoms with Gasteiger partial charge < -0.3 is 9.80 Å². The van der Waals surface area contributed by atoms with Gasteiger partial charge in [0.05, 0.1) is 0 Å². The fourth-order valence-corrected chi connectivity index (χ4v) is 4.33. The van der Waals surface area contributed by atoms with Gasteiger partial charge in [0.25, 0.3) is 6.43 Å². The number of likely N-dealkylation sites (tertiary alicyclic amines) is 1. The van der Waals surface area contributed by atoms with Crippen molar-refractivity contribution in [2.45, 2.75) is 51.5 Å². The minimum absolute atomic E-state index is 0.165. The fraction of sp³-hybridized carbons (Fsp3) is 0.867. The summed E-state index contributed by atoms with van der Waals surface area (Å²) in [6.07, 6.45) is 3.76. The molecule has 1 aromatic heterocycles. The molecule has 1 aromatic rings. The molecule has 2 aliphatic rings. The first-order valence-electron chi connectivity index (χ1n) is 8.24. The van der Waals surface area contributed by atoms with E-state index in [4.69, 9.17) is 0 Å². The lowest BCUT2D eigenvalue weighted by atomic mass is 9.95. The van der Waals surface area contributed by atoms with Crippen LogP contribution in [0.25, 0.3) is 0 Å². The molecule has 3 rings (SSSR count). The summed E-state index contributed by atoms with van der Waals surface area (Å²) in [6.45, 7) is 6.47. The second-order valence-electron chi connectivity index (χ2n) is 6.52. The molecular formula is C15H24F2N4S. The van der Waals surface area contributed by atoms with Gasteiger partial charge in [0.1, 0.15) is 0 Å². The molecular weight excluding hydrogens is 306 g/mol. The predicted molar refractivity (Wildman–Crippen MR) is 84.7 cm³/mol. The summed E-state index contributed by atoms with van der Waals surface area (Å²) in [5.41, 5.74) is 0. The first kappa shape index (κ1) is 16.1. The van der Waals surface area contributed by atoms with Crippen molar-refractivity contribution in [2.75, 3.05) is 31.1 Å². The highest BCUT2D eigenvalue weighted by atomic mass is 32.1. The van der Waals surface area contributed by atoms with Crippen LogP contribution in [0.5, 0.6) is 0 Å². The van der Waals surface area contributed by atoms with Crippen molar-refractivity contribution >= 4 is 16.5 Å². The van der Waals surface area contributed by atoms with Crippen molar-refractivity contribution in [2.24, 2.45) is 5.92 Å². The smallest absolute Gasteiger partial charge is 0.291 e. The van der Waals surface area contributed by atoms with Crippen molar-refractivity contribution in [1.82, 2.24) is 15.1 Å². The third-order valence-electron chi connectivity index (χ3n) is 4.84. The van der Waals surface area contributed by atoms with E-state index in [0.717, 1.165) is 37.4 Å². The van der Waals surface area contributed by atoms with E-state index in [1.165, 1.54) is 32.2 Å². The highest BCUT2D eigenvalue weighted by molar-refractivity contribution is 7.15. The Kier molecular flexibility index (Phi) is 5.23. The van der Waals surface area contributed by atoms with E-state index in [-0.39, 0.29) is 5.01 Å². The summed E-state index contributed by atoms with van der Waals surface area (Å²) >= 11 is 1.04. The molecule has 22 heavy (non-hydrogen) atoms. The van der Waals surface area contributed by atoms with E-state index >= 15 is 0 Å². The molecule has 0 bridgehead atoms. The summed E-state index contributed by atoms with van der Waals surface area (Å²) < 4.78 is 25.3. The van der Waals surface area contributed by atoms with Gasteiger partial charge in [-0.2, -0.15) is 0 Å². The molecule has 0 amide bonds. The van der Waals surface area contributed by atoms with Crippen LogP contribution in [0.2, 0.25) is 0 Å². The van der Waals surface area contributed by atoms with Crippen LogP contribution < -0.4 is 4.90 Å². The zero-order chi connectivity index (χ0) is 15.5. The predicted octanol–water partition coefficient (Wildman–Crippen LogP) is 3.57. The van der Waals surface area contributed by atoms with E-state index < -0.39 is 6.43 Å². The van der Waals surface area contributed by atoms with Crippen LogP contribution in [0.3, 0.4) is 0 Å². The van der Waals surface area contributed by atoms with E-state index in [1.807, 2.05) is 0 Å². The number of halogens is 2. The Balaban J connectivity index is 1.58. The third-order valence-corrected chi connectivity index (χ3v) is 5.83. The van der Waals surface area contributed by atoms with E-state index in [0.29, 0.717) is 17.1 Å². The van der Waals surface area contributed by atoms with Gasteiger partial charge in [0, 0.05) is 25.7 Å². The Morgan fingerprint density at radius 3 is 2.77 bits per heavy atom. The maximum atomic E-state index is 12.7. The van der Waals surface area contributed by atoms with Gasteiger partial charge in [-0.05, 0) is 45.1 Å². The normalized spacial score (nSPS) is 27.5. The Morgan fingerprint density at radius 1 is 1.18 bits per heavy atom. The molecule has 0 radical (unpaired) electrons. The molecule has 0 spiro atoms. The quantitative estimate of drug-likeness (QED) is 0.845. The monoisotopic (exact) mass is 330 g/mol. The van der Waals surface area contributed by atoms with Crippen LogP contribution in [-0.2, 0) is 0 Å². The summed E-state index contributed by atoms with van der Waals surface area (Å²) in [6, 6.07) is 0.677. The van der Waals surface area contributed by atoms with Crippen molar-refractivity contribution in [3.8, 4) is 0 Å². The molecule has 0 N–H and O–H groups in total. The average Bonchev–Trinajstić information content (AvgIpc) is 3.00. The second-order valence-corrected chi connectivity index (χ2v) is 7.51. The molecule has 3 heterocycles. The number of rotatable bonds is 4. The number of aromatic nitrogens is 2. The molecule has 0 aliphatic carbocycles. The first-order valence-corrected chi connectivity index (χ1v) is 9.05. The zero-order valence-corrected chi connectivity index (χ0v) is 13.9. The van der Waals surface area contributed by atoms with Crippen LogP contribution in [-0.4, -0.2) is 47.3 Å². The maximum Gasteiger partial charge on any atom is 0.291 e. The van der Waals surface area contributed by atoms with Crippen LogP contribution in [0.15, 0.2) is 0 Å². The van der Waals surface area contributed by atoms with E-state index in [2.05, 4.69) is 26.9 Å². The van der Waals surface area contributed by atoms with Gasteiger partial charge in [0.15, 0.2) is 5.01 Å². The summed E-state index contributed by atoms with van der Waals surface area (Å²) in [4.78, 5) is 4.74. The van der Waals surface area contributed by atoms with Gasteiger partial charge in [-0.3, -0.25) is 0 Å². The topological polar surface area (TPSA) is 32.3 Å². The highest BCUT2D eigenvalue weighted by Gasteiger charge is 2.27. The number of nitrogens with zero attached hydrogens (tertiary/aromatic N) is 4. The second kappa shape index (κ2) is 7.17. The van der Waals surface area contributed by atoms with Crippen molar-refractivity contribution in [3.63, 3.8) is 0 Å². The lowest BCUT2D eigenvalue weighted by Gasteiger charge is -2.39. The summed E-state index contributed by atoms with van der Waals surface area (Å²) in [5, 5.41) is 8.06. The van der Waals surface area contributed by atoms with Crippen LogP contribution in [0, 0.1) is 5.92 Å². The van der Waals surface area contributed by atoms with Gasteiger partial charge in [-0.1, -0.05) is 17.8 Å². The molecule has 0 unspecified atom stereocenters. The van der Waals surface area contributed by atoms with Crippen molar-refractivity contribution < 1.29 is 8.78 Å². The molecule has 0 saturated carbocycles. The number of alkyl halides is 2. The minimum atomic E-state index is -2.51. The summed E-state index contributed by atoms with van der Waals surface area (Å²) in [7, 11) is 0. The van der Waals surface area contributed by atoms with Gasteiger partial charge in [0.2, 0.25) is 5.13 Å². The number of hydrogen-bond acceptors (Lipinski definition) is 5. The van der Waals surface area contributed by atoms with Crippen LogP contribution in [0.1, 0.15) is 50.5 Å². The van der Waals surface area contributed by atoms with Crippen LogP contribution in [0.4, 0.5) is 13.9 Å². The Labute approximate surface area is 134 Å². The zero-order valence-electron chi connectivity index (χ0n) is 13.0. The fourth-order valence-electron chi connectivity index (χ4n) is 3.59. The Bertz CT molecular complexity index is 482. The molecule has 0 aromatic carbocycles. The van der Waals surface area contributed by atoms with Crippen molar-refractivity contribution in [3.05, 3.63) is 5.01 Å². The molecule has 2 aliphatic heterocycles. The van der Waals surface area contributed by atoms with Gasteiger partial charge >= 0.3 is 0 Å². The molecule has 4 nitrogen and oxygen atoms in total. The first-order chi connectivity index (χ1) is 10.6. The average molecular weight is 330 g/mol. The maximum absolute atomic E-state index is 12.7. The SMILES string of the molecule is C[C@@H]1CCCCN1C[C@@H]1CCCN(c2nnc(C(F)F)s2)C1. The number of anilines is 1. The molecule has 7 heteroatoms. The minimum Gasteiger partial charge on any atom is -0.346 e.